The Kier molecular flexibility index (Phi) is 8.35. The van der Waals surface area contributed by atoms with Crippen molar-refractivity contribution in [2.75, 3.05) is 25.1 Å². The van der Waals surface area contributed by atoms with Crippen LogP contribution < -0.4 is 16.4 Å². The Balaban J connectivity index is 1.40. The lowest BCUT2D eigenvalue weighted by atomic mass is 10.1. The molecule has 4 N–H and O–H groups in total. The highest BCUT2D eigenvalue weighted by Crippen LogP contribution is 2.32. The fourth-order valence-corrected chi connectivity index (χ4v) is 6.10. The Morgan fingerprint density at radius 3 is 2.56 bits per heavy atom. The summed E-state index contributed by atoms with van der Waals surface area (Å²) >= 11 is 1.51. The predicted molar refractivity (Wildman–Crippen MR) is 162 cm³/mol. The van der Waals surface area contributed by atoms with Gasteiger partial charge in [-0.3, -0.25) is 4.79 Å². The summed E-state index contributed by atoms with van der Waals surface area (Å²) in [6.07, 6.45) is 2.59. The lowest BCUT2D eigenvalue weighted by Crippen LogP contribution is -2.29. The molecule has 0 aliphatic heterocycles. The van der Waals surface area contributed by atoms with Crippen molar-refractivity contribution in [3.8, 4) is 10.4 Å². The molecule has 10 nitrogen and oxygen atoms in total. The molecule has 222 valence electrons. The van der Waals surface area contributed by atoms with Crippen LogP contribution >= 0.6 is 11.3 Å². The number of anilines is 2. The first-order valence-electron chi connectivity index (χ1n) is 13.0. The van der Waals surface area contributed by atoms with Gasteiger partial charge in [-0.05, 0) is 60.5 Å². The number of pyridine rings is 1. The number of hydrogen-bond donors (Lipinski definition) is 3. The van der Waals surface area contributed by atoms with Crippen LogP contribution in [0.1, 0.15) is 33.8 Å². The molecule has 0 aliphatic rings. The van der Waals surface area contributed by atoms with Gasteiger partial charge in [-0.2, -0.15) is 0 Å². The van der Waals surface area contributed by atoms with Gasteiger partial charge in [0.25, 0.3) is 5.91 Å². The smallest absolute Gasteiger partial charge is 0.255 e. The molecule has 14 heteroatoms. The van der Waals surface area contributed by atoms with Crippen LogP contribution in [-0.4, -0.2) is 47.7 Å². The average Bonchev–Trinajstić information content (AvgIpc) is 3.46. The zero-order valence-electron chi connectivity index (χ0n) is 23.3. The second-order valence-electron chi connectivity index (χ2n) is 9.83. The van der Waals surface area contributed by atoms with Gasteiger partial charge in [-0.25, -0.2) is 36.5 Å². The molecule has 0 unspecified atom stereocenters. The quantitative estimate of drug-likeness (QED) is 0.209. The molecule has 5 aromatic rings. The molecule has 2 aromatic carbocycles. The van der Waals surface area contributed by atoms with Crippen molar-refractivity contribution in [1.82, 2.24) is 24.6 Å². The number of nitrogen functional groups attached to an aromatic ring is 1. The standard InChI is InChI=1S/C29H27F2N7O3S2/c1-16(17-4-7-23(30)24(31)11-17)37-29(39)22-12-20(43(40,41)38(2)3)14-34-28(22)33-13-19-6-9-26(42-19)18-5-8-25-21(10-18)27(32)36-15-35-25/h4-12,14-16H,13H2,1-3H3,(H,33,34)(H,37,39)(H2,32,35,36)/t16-/m0/s1. The van der Waals surface area contributed by atoms with Crippen molar-refractivity contribution in [1.29, 1.82) is 0 Å². The Bertz CT molecular complexity index is 1950. The second-order valence-corrected chi connectivity index (χ2v) is 13.2. The molecule has 3 aromatic heterocycles. The third kappa shape index (κ3) is 6.30. The number of aromatic nitrogens is 3. The number of sulfonamides is 1. The van der Waals surface area contributed by atoms with Gasteiger partial charge in [0.05, 0.1) is 23.7 Å². The van der Waals surface area contributed by atoms with Gasteiger partial charge in [-0.15, -0.1) is 11.3 Å². The molecule has 43 heavy (non-hydrogen) atoms. The molecule has 0 radical (unpaired) electrons. The van der Waals surface area contributed by atoms with E-state index >= 15 is 0 Å². The lowest BCUT2D eigenvalue weighted by molar-refractivity contribution is 0.0940. The summed E-state index contributed by atoms with van der Waals surface area (Å²) in [5.74, 6) is -2.16. The van der Waals surface area contributed by atoms with Crippen LogP contribution in [0.5, 0.6) is 0 Å². The highest BCUT2D eigenvalue weighted by atomic mass is 32.2. The Morgan fingerprint density at radius 2 is 1.81 bits per heavy atom. The van der Waals surface area contributed by atoms with Crippen LogP contribution in [0.2, 0.25) is 0 Å². The van der Waals surface area contributed by atoms with Crippen molar-refractivity contribution < 1.29 is 22.0 Å². The largest absolute Gasteiger partial charge is 0.383 e. The summed E-state index contributed by atoms with van der Waals surface area (Å²) < 4.78 is 53.8. The van der Waals surface area contributed by atoms with E-state index in [1.54, 1.807) is 6.92 Å². The topological polar surface area (TPSA) is 143 Å². The number of carbonyl (C=O) groups is 1. The number of carbonyl (C=O) groups excluding carboxylic acids is 1. The van der Waals surface area contributed by atoms with Crippen LogP contribution in [0.25, 0.3) is 21.3 Å². The van der Waals surface area contributed by atoms with E-state index in [1.807, 2.05) is 30.3 Å². The molecule has 3 heterocycles. The first-order chi connectivity index (χ1) is 20.4. The van der Waals surface area contributed by atoms with E-state index in [0.29, 0.717) is 11.4 Å². The number of thiophene rings is 1. The molecule has 0 aliphatic carbocycles. The molecule has 0 spiro atoms. The van der Waals surface area contributed by atoms with Gasteiger partial charge in [0, 0.05) is 35.4 Å². The van der Waals surface area contributed by atoms with Crippen molar-refractivity contribution in [2.45, 2.75) is 24.4 Å². The summed E-state index contributed by atoms with van der Waals surface area (Å²) in [5.41, 5.74) is 8.00. The van der Waals surface area contributed by atoms with Gasteiger partial charge in [0.1, 0.15) is 22.9 Å². The SMILES string of the molecule is C[C@H](NC(=O)c1cc(S(=O)(=O)N(C)C)cnc1NCc1ccc(-c2ccc3ncnc(N)c3c2)s1)c1ccc(F)c(F)c1. The van der Waals surface area contributed by atoms with Crippen LogP contribution in [-0.2, 0) is 16.6 Å². The van der Waals surface area contributed by atoms with Gasteiger partial charge in [0.15, 0.2) is 11.6 Å². The third-order valence-electron chi connectivity index (χ3n) is 6.72. The molecular weight excluding hydrogens is 596 g/mol. The van der Waals surface area contributed by atoms with Crippen molar-refractivity contribution in [3.05, 3.63) is 94.8 Å². The Hall–Kier alpha value is -4.53. The molecule has 0 saturated heterocycles. The minimum atomic E-state index is -3.90. The number of halogens is 2. The summed E-state index contributed by atoms with van der Waals surface area (Å²) in [6, 6.07) is 13.5. The molecule has 0 saturated carbocycles. The van der Waals surface area contributed by atoms with E-state index in [2.05, 4.69) is 25.6 Å². The van der Waals surface area contributed by atoms with Crippen LogP contribution in [0.15, 0.2) is 72.0 Å². The Morgan fingerprint density at radius 1 is 1.02 bits per heavy atom. The highest BCUT2D eigenvalue weighted by molar-refractivity contribution is 7.89. The molecular formula is C29H27F2N7O3S2. The fraction of sp³-hybridized carbons (Fsp3) is 0.172. The average molecular weight is 624 g/mol. The predicted octanol–water partition coefficient (Wildman–Crippen LogP) is 4.97. The highest BCUT2D eigenvalue weighted by Gasteiger charge is 2.24. The number of hydrogen-bond acceptors (Lipinski definition) is 9. The summed E-state index contributed by atoms with van der Waals surface area (Å²) in [7, 11) is -1.15. The number of nitrogens with zero attached hydrogens (tertiary/aromatic N) is 4. The van der Waals surface area contributed by atoms with Crippen LogP contribution in [0.4, 0.5) is 20.4 Å². The van der Waals surface area contributed by atoms with Crippen molar-refractivity contribution >= 4 is 49.8 Å². The monoisotopic (exact) mass is 623 g/mol. The summed E-state index contributed by atoms with van der Waals surface area (Å²) in [5, 5.41) is 6.60. The maximum atomic E-state index is 13.8. The van der Waals surface area contributed by atoms with Crippen LogP contribution in [0.3, 0.4) is 0 Å². The van der Waals surface area contributed by atoms with Gasteiger partial charge < -0.3 is 16.4 Å². The number of nitrogens with one attached hydrogen (secondary N) is 2. The van der Waals surface area contributed by atoms with Crippen LogP contribution in [0, 0.1) is 11.6 Å². The van der Waals surface area contributed by atoms with Gasteiger partial charge in [0.2, 0.25) is 10.0 Å². The zero-order chi connectivity index (χ0) is 30.9. The second kappa shape index (κ2) is 12.0. The van der Waals surface area contributed by atoms with Crippen molar-refractivity contribution in [2.24, 2.45) is 0 Å². The summed E-state index contributed by atoms with van der Waals surface area (Å²) in [4.78, 5) is 27.7. The van der Waals surface area contributed by atoms with E-state index < -0.39 is 33.6 Å². The van der Waals surface area contributed by atoms with E-state index in [9.17, 15) is 22.0 Å². The lowest BCUT2D eigenvalue weighted by Gasteiger charge is -2.18. The molecule has 1 atom stereocenters. The zero-order valence-corrected chi connectivity index (χ0v) is 24.9. The minimum absolute atomic E-state index is 0.0286. The first kappa shape index (κ1) is 29.9. The Labute approximate surface area is 250 Å². The fourth-order valence-electron chi connectivity index (χ4n) is 4.28. The maximum Gasteiger partial charge on any atom is 0.255 e. The molecule has 5 rings (SSSR count). The van der Waals surface area contributed by atoms with E-state index in [-0.39, 0.29) is 22.8 Å². The number of fused-ring (bicyclic) bond motifs is 1. The van der Waals surface area contributed by atoms with E-state index in [1.165, 1.54) is 50.1 Å². The molecule has 0 bridgehead atoms. The van der Waals surface area contributed by atoms with E-state index in [0.717, 1.165) is 42.7 Å². The van der Waals surface area contributed by atoms with E-state index in [4.69, 9.17) is 5.73 Å². The first-order valence-corrected chi connectivity index (χ1v) is 15.2. The number of nitrogens with two attached hydrogens (primary N) is 1. The van der Waals surface area contributed by atoms with Crippen molar-refractivity contribution in [3.63, 3.8) is 0 Å². The van der Waals surface area contributed by atoms with Gasteiger partial charge in [-0.1, -0.05) is 12.1 Å². The maximum absolute atomic E-state index is 13.8. The third-order valence-corrected chi connectivity index (χ3v) is 9.63. The number of amides is 1. The summed E-state index contributed by atoms with van der Waals surface area (Å²) in [6.45, 7) is 1.89. The van der Waals surface area contributed by atoms with Gasteiger partial charge >= 0.3 is 0 Å². The number of rotatable bonds is 9. The molecule has 1 amide bonds. The molecule has 0 fully saturated rings. The number of benzene rings is 2. The minimum Gasteiger partial charge on any atom is -0.383 e. The normalized spacial score (nSPS) is 12.4.